The summed E-state index contributed by atoms with van der Waals surface area (Å²) >= 11 is 0. The molecule has 0 heterocycles. The second-order valence-corrected chi connectivity index (χ2v) is 9.36. The van der Waals surface area contributed by atoms with Crippen LogP contribution in [0.1, 0.15) is 72.1 Å². The van der Waals surface area contributed by atoms with Crippen LogP contribution in [0.4, 0.5) is 0 Å². The number of aliphatic hydroxyl groups is 1. The van der Waals surface area contributed by atoms with Crippen molar-refractivity contribution >= 4 is 5.78 Å². The van der Waals surface area contributed by atoms with Crippen molar-refractivity contribution in [1.82, 2.24) is 0 Å². The predicted molar refractivity (Wildman–Crippen MR) is 95.1 cm³/mol. The summed E-state index contributed by atoms with van der Waals surface area (Å²) in [7, 11) is 0. The van der Waals surface area contributed by atoms with Crippen molar-refractivity contribution < 1.29 is 9.90 Å². The van der Waals surface area contributed by atoms with E-state index in [4.69, 9.17) is 6.42 Å². The summed E-state index contributed by atoms with van der Waals surface area (Å²) in [4.78, 5) is 12.2. The highest BCUT2D eigenvalue weighted by molar-refractivity contribution is 5.96. The Hall–Kier alpha value is -1.07. The first-order valence-electron chi connectivity index (χ1n) is 9.70. The lowest BCUT2D eigenvalue weighted by Gasteiger charge is -2.59. The standard InChI is InChI=1S/C22H30O2/c1-5-22(24)13-9-18-15-6-7-16-14(2)19(23)10-11-20(16,3)17(15)8-12-21(18,22)4/h1,15,17-18,24H,6-13H2,2-4H3/t15-,17+,18+,20+,21+,22-/m1/s1. The molecule has 0 aromatic carbocycles. The predicted octanol–water partition coefficient (Wildman–Crippen LogP) is 4.27. The molecule has 4 aliphatic rings. The lowest BCUT2D eigenvalue weighted by Crippen LogP contribution is -2.54. The van der Waals surface area contributed by atoms with Crippen molar-refractivity contribution in [2.75, 3.05) is 0 Å². The maximum absolute atomic E-state index is 12.2. The number of hydrogen-bond acceptors (Lipinski definition) is 2. The Morgan fingerprint density at radius 2 is 1.79 bits per heavy atom. The van der Waals surface area contributed by atoms with Gasteiger partial charge in [0.15, 0.2) is 5.78 Å². The second kappa shape index (κ2) is 4.98. The number of terminal acetylenes is 1. The molecular formula is C22H30O2. The maximum Gasteiger partial charge on any atom is 0.158 e. The van der Waals surface area contributed by atoms with Crippen LogP contribution in [0.5, 0.6) is 0 Å². The third-order valence-corrected chi connectivity index (χ3v) is 8.81. The molecule has 0 amide bonds. The van der Waals surface area contributed by atoms with Crippen LogP contribution >= 0.6 is 0 Å². The van der Waals surface area contributed by atoms with Crippen molar-refractivity contribution in [3.05, 3.63) is 11.1 Å². The summed E-state index contributed by atoms with van der Waals surface area (Å²) in [5.74, 6) is 4.97. The van der Waals surface area contributed by atoms with Gasteiger partial charge in [-0.3, -0.25) is 4.79 Å². The van der Waals surface area contributed by atoms with E-state index < -0.39 is 5.60 Å². The molecule has 4 rings (SSSR count). The third kappa shape index (κ3) is 1.80. The Morgan fingerprint density at radius 3 is 2.50 bits per heavy atom. The Morgan fingerprint density at radius 1 is 1.08 bits per heavy atom. The molecule has 0 spiro atoms. The van der Waals surface area contributed by atoms with Crippen LogP contribution in [0.2, 0.25) is 0 Å². The Balaban J connectivity index is 1.73. The topological polar surface area (TPSA) is 37.3 Å². The molecule has 0 saturated heterocycles. The van der Waals surface area contributed by atoms with Gasteiger partial charge in [-0.1, -0.05) is 25.3 Å². The first kappa shape index (κ1) is 16.4. The highest BCUT2D eigenvalue weighted by atomic mass is 16.3. The largest absolute Gasteiger partial charge is 0.377 e. The van der Waals surface area contributed by atoms with Gasteiger partial charge in [-0.25, -0.2) is 0 Å². The number of carbonyl (C=O) groups excluding carboxylic acids is 1. The summed E-state index contributed by atoms with van der Waals surface area (Å²) in [6.45, 7) is 6.71. The number of ketones is 1. The normalized spacial score (nSPS) is 50.8. The van der Waals surface area contributed by atoms with E-state index >= 15 is 0 Å². The number of Topliss-reactive ketones (excluding diaryl/α,β-unsaturated/α-hetero) is 1. The number of hydrogen-bond donors (Lipinski definition) is 1. The van der Waals surface area contributed by atoms with Crippen LogP contribution in [-0.4, -0.2) is 16.5 Å². The van der Waals surface area contributed by atoms with E-state index in [1.54, 1.807) is 0 Å². The zero-order valence-electron chi connectivity index (χ0n) is 15.3. The molecule has 130 valence electrons. The van der Waals surface area contributed by atoms with Crippen LogP contribution < -0.4 is 0 Å². The average Bonchev–Trinajstić information content (AvgIpc) is 2.84. The molecule has 0 aliphatic heterocycles. The highest BCUT2D eigenvalue weighted by Gasteiger charge is 2.63. The van der Waals surface area contributed by atoms with E-state index in [0.717, 1.165) is 44.1 Å². The summed E-state index contributed by atoms with van der Waals surface area (Å²) < 4.78 is 0. The molecule has 0 aromatic heterocycles. The molecule has 4 aliphatic carbocycles. The fourth-order valence-electron chi connectivity index (χ4n) is 7.24. The Labute approximate surface area is 146 Å². The van der Waals surface area contributed by atoms with Gasteiger partial charge in [0.25, 0.3) is 0 Å². The van der Waals surface area contributed by atoms with Crippen LogP contribution in [0.15, 0.2) is 11.1 Å². The van der Waals surface area contributed by atoms with Crippen LogP contribution in [0.25, 0.3) is 0 Å². The van der Waals surface area contributed by atoms with Crippen molar-refractivity contribution in [3.8, 4) is 12.3 Å². The molecule has 0 unspecified atom stereocenters. The van der Waals surface area contributed by atoms with Gasteiger partial charge in [0.05, 0.1) is 0 Å². The average molecular weight is 326 g/mol. The summed E-state index contributed by atoms with van der Waals surface area (Å²) in [6, 6.07) is 0. The quantitative estimate of drug-likeness (QED) is 0.675. The number of rotatable bonds is 0. The molecule has 3 saturated carbocycles. The number of fused-ring (bicyclic) bond motifs is 5. The van der Waals surface area contributed by atoms with Crippen molar-refractivity contribution in [1.29, 1.82) is 0 Å². The minimum atomic E-state index is -0.919. The molecule has 24 heavy (non-hydrogen) atoms. The van der Waals surface area contributed by atoms with E-state index in [1.165, 1.54) is 12.0 Å². The summed E-state index contributed by atoms with van der Waals surface area (Å²) in [5.41, 5.74) is 1.66. The number of allylic oxidation sites excluding steroid dienone is 1. The van der Waals surface area contributed by atoms with E-state index in [2.05, 4.69) is 26.7 Å². The van der Waals surface area contributed by atoms with Crippen LogP contribution in [-0.2, 0) is 4.79 Å². The third-order valence-electron chi connectivity index (χ3n) is 8.81. The van der Waals surface area contributed by atoms with Gasteiger partial charge in [0.2, 0.25) is 0 Å². The van der Waals surface area contributed by atoms with E-state index in [-0.39, 0.29) is 10.8 Å². The molecule has 3 fully saturated rings. The van der Waals surface area contributed by atoms with Gasteiger partial charge in [-0.15, -0.1) is 6.42 Å². The molecule has 0 bridgehead atoms. The molecule has 6 atom stereocenters. The minimum absolute atomic E-state index is 0.125. The SMILES string of the molecule is C#C[C@@]1(O)CC[C@H]2[C@@H]3CCC4=C(C)C(=O)CC[C@]4(C)[C@H]3CC[C@@]21C. The van der Waals surface area contributed by atoms with E-state index in [9.17, 15) is 9.90 Å². The second-order valence-electron chi connectivity index (χ2n) is 9.36. The van der Waals surface area contributed by atoms with E-state index in [1.807, 2.05) is 0 Å². The monoisotopic (exact) mass is 326 g/mol. The fourth-order valence-corrected chi connectivity index (χ4v) is 7.24. The Kier molecular flexibility index (Phi) is 3.40. The lowest BCUT2D eigenvalue weighted by molar-refractivity contribution is -0.120. The lowest BCUT2D eigenvalue weighted by atomic mass is 9.46. The summed E-state index contributed by atoms with van der Waals surface area (Å²) in [6.07, 6.45) is 13.7. The van der Waals surface area contributed by atoms with Gasteiger partial charge in [-0.05, 0) is 80.6 Å². The first-order chi connectivity index (χ1) is 11.3. The zero-order chi connectivity index (χ0) is 17.3. The van der Waals surface area contributed by atoms with Gasteiger partial charge < -0.3 is 5.11 Å². The smallest absolute Gasteiger partial charge is 0.158 e. The van der Waals surface area contributed by atoms with Gasteiger partial charge in [0.1, 0.15) is 5.60 Å². The van der Waals surface area contributed by atoms with E-state index in [0.29, 0.717) is 30.0 Å². The van der Waals surface area contributed by atoms with Crippen molar-refractivity contribution in [2.24, 2.45) is 28.6 Å². The minimum Gasteiger partial charge on any atom is -0.377 e. The van der Waals surface area contributed by atoms with Crippen LogP contribution in [0.3, 0.4) is 0 Å². The maximum atomic E-state index is 12.2. The molecule has 1 N–H and O–H groups in total. The molecular weight excluding hydrogens is 296 g/mol. The van der Waals surface area contributed by atoms with Crippen molar-refractivity contribution in [2.45, 2.75) is 77.7 Å². The molecule has 0 radical (unpaired) electrons. The van der Waals surface area contributed by atoms with Gasteiger partial charge >= 0.3 is 0 Å². The van der Waals surface area contributed by atoms with Crippen molar-refractivity contribution in [3.63, 3.8) is 0 Å². The zero-order valence-corrected chi connectivity index (χ0v) is 15.3. The highest BCUT2D eigenvalue weighted by Crippen LogP contribution is 2.67. The van der Waals surface area contributed by atoms with Crippen LogP contribution in [0, 0.1) is 40.9 Å². The first-order valence-corrected chi connectivity index (χ1v) is 9.70. The molecule has 2 nitrogen and oxygen atoms in total. The summed E-state index contributed by atoms with van der Waals surface area (Å²) in [5, 5.41) is 11.0. The molecule has 2 heteroatoms. The number of carbonyl (C=O) groups is 1. The van der Waals surface area contributed by atoms with Gasteiger partial charge in [-0.2, -0.15) is 0 Å². The molecule has 0 aromatic rings. The van der Waals surface area contributed by atoms with Gasteiger partial charge in [0, 0.05) is 11.8 Å². The fraction of sp³-hybridized carbons (Fsp3) is 0.773. The Bertz CT molecular complexity index is 668.